The molecule has 0 aliphatic rings. The Hall–Kier alpha value is -0.950. The number of hydrazine groups is 1. The highest BCUT2D eigenvalue weighted by molar-refractivity contribution is 9.10. The van der Waals surface area contributed by atoms with Crippen LogP contribution in [-0.2, 0) is 0 Å². The van der Waals surface area contributed by atoms with Gasteiger partial charge in [0, 0.05) is 21.1 Å². The first kappa shape index (κ1) is 29.3. The first-order valence-electron chi connectivity index (χ1n) is 8.09. The Labute approximate surface area is 191 Å². The summed E-state index contributed by atoms with van der Waals surface area (Å²) in [6.07, 6.45) is 0. The number of nitrogens with one attached hydrogen (secondary N) is 1. The number of carbonyl (C=O) groups excluding carboxylic acids is 2. The van der Waals surface area contributed by atoms with E-state index in [1.54, 1.807) is 30.3 Å². The van der Waals surface area contributed by atoms with Crippen LogP contribution < -0.4 is 11.3 Å². The van der Waals surface area contributed by atoms with Gasteiger partial charge in [0.05, 0.1) is 0 Å². The molecule has 0 heterocycles. The topological polar surface area (TPSA) is 72.2 Å². The summed E-state index contributed by atoms with van der Waals surface area (Å²) in [7, 11) is 0. The molecule has 0 unspecified atom stereocenters. The summed E-state index contributed by atoms with van der Waals surface area (Å²) >= 11 is 13.9. The van der Waals surface area contributed by atoms with Crippen LogP contribution in [0.4, 0.5) is 0 Å². The highest BCUT2D eigenvalue weighted by Crippen LogP contribution is 2.25. The van der Waals surface area contributed by atoms with Crippen molar-refractivity contribution in [1.29, 1.82) is 0 Å². The molecule has 28 heavy (non-hydrogen) atoms. The third-order valence-corrected chi connectivity index (χ3v) is 4.75. The summed E-state index contributed by atoms with van der Waals surface area (Å²) in [6.45, 7) is 9.96. The van der Waals surface area contributed by atoms with E-state index in [1.165, 1.54) is 0 Å². The summed E-state index contributed by atoms with van der Waals surface area (Å²) in [6, 6.07) is 12.3. The van der Waals surface area contributed by atoms with Gasteiger partial charge in [-0.05, 0) is 90.9 Å². The largest absolute Gasteiger partial charge is 0.276 e. The van der Waals surface area contributed by atoms with Gasteiger partial charge in [-0.25, -0.2) is 0 Å². The van der Waals surface area contributed by atoms with Crippen LogP contribution in [-0.4, -0.2) is 16.0 Å². The fraction of sp³-hybridized carbons (Fsp3) is 0.300. The lowest BCUT2D eigenvalue weighted by molar-refractivity contribution is 0.107. The van der Waals surface area contributed by atoms with E-state index in [0.717, 1.165) is 15.6 Å². The van der Waals surface area contributed by atoms with Gasteiger partial charge in [-0.15, -0.1) is 12.4 Å². The van der Waals surface area contributed by atoms with Crippen LogP contribution in [0.5, 0.6) is 0 Å². The Morgan fingerprint density at radius 1 is 0.964 bits per heavy atom. The number of carbonyl (C=O) groups is 2. The van der Waals surface area contributed by atoms with Gasteiger partial charge in [-0.2, -0.15) is 0 Å². The lowest BCUT2D eigenvalue weighted by Gasteiger charge is -2.14. The number of hydrogen-bond donors (Lipinski definition) is 2. The molecule has 4 nitrogen and oxygen atoms in total. The van der Waals surface area contributed by atoms with Crippen molar-refractivity contribution in [3.63, 3.8) is 0 Å². The number of rotatable bonds is 2. The Morgan fingerprint density at radius 3 is 1.75 bits per heavy atom. The minimum absolute atomic E-state index is 0. The maximum atomic E-state index is 10.9. The molecule has 0 radical (unpaired) electrons. The predicted octanol–water partition coefficient (Wildman–Crippen LogP) is 6.18. The predicted molar refractivity (Wildman–Crippen MR) is 125 cm³/mol. The molecule has 0 spiro atoms. The van der Waals surface area contributed by atoms with Crippen molar-refractivity contribution >= 4 is 62.0 Å². The van der Waals surface area contributed by atoms with Gasteiger partial charge in [0.15, 0.2) is 0 Å². The second-order valence-corrected chi connectivity index (χ2v) is 8.16. The Balaban J connectivity index is 0. The average Bonchev–Trinajstić information content (AvgIpc) is 2.60. The average molecular weight is 513 g/mol. The molecule has 0 amide bonds. The summed E-state index contributed by atoms with van der Waals surface area (Å²) < 4.78 is 0.794. The van der Waals surface area contributed by atoms with Crippen LogP contribution >= 0.6 is 51.5 Å². The van der Waals surface area contributed by atoms with Crippen molar-refractivity contribution in [2.75, 3.05) is 0 Å². The zero-order chi connectivity index (χ0) is 21.2. The quantitative estimate of drug-likeness (QED) is 0.286. The Morgan fingerprint density at radius 2 is 1.43 bits per heavy atom. The smallest absolute Gasteiger partial charge is 0.253 e. The fourth-order valence-corrected chi connectivity index (χ4v) is 2.53. The molecule has 2 aromatic carbocycles. The van der Waals surface area contributed by atoms with E-state index in [9.17, 15) is 9.59 Å². The normalized spacial score (nSPS) is 9.75. The van der Waals surface area contributed by atoms with Gasteiger partial charge in [0.25, 0.3) is 10.5 Å². The van der Waals surface area contributed by atoms with Crippen LogP contribution in [0.2, 0.25) is 0 Å². The fourth-order valence-electron chi connectivity index (χ4n) is 1.50. The second kappa shape index (κ2) is 14.1. The lowest BCUT2D eigenvalue weighted by Crippen LogP contribution is -2.41. The molecule has 0 atom stereocenters. The standard InChI is InChI=1S/C9H8BrClO.C7H5ClO.C4H12N2.ClH/c1-5-3-4-7(9(11)12)8(10)6(5)2;8-7(9)6-4-2-1-3-5-6;1-4(2,3)6-5;/h3-4H,1-2H3;1-5H;6H,5H2,1-3H3;1H. The van der Waals surface area contributed by atoms with Crippen molar-refractivity contribution in [1.82, 2.24) is 5.43 Å². The van der Waals surface area contributed by atoms with Gasteiger partial charge >= 0.3 is 0 Å². The van der Waals surface area contributed by atoms with E-state index < -0.39 is 10.5 Å². The van der Waals surface area contributed by atoms with Crippen molar-refractivity contribution < 1.29 is 9.59 Å². The number of benzene rings is 2. The zero-order valence-corrected chi connectivity index (χ0v) is 20.4. The summed E-state index contributed by atoms with van der Waals surface area (Å²) in [5, 5.41) is -0.833. The third-order valence-electron chi connectivity index (χ3n) is 3.30. The summed E-state index contributed by atoms with van der Waals surface area (Å²) in [5.41, 5.74) is 5.94. The Kier molecular flexibility index (Phi) is 14.7. The van der Waals surface area contributed by atoms with Crippen molar-refractivity contribution in [3.8, 4) is 0 Å². The maximum Gasteiger partial charge on any atom is 0.253 e. The number of aryl methyl sites for hydroxylation is 1. The first-order valence-corrected chi connectivity index (χ1v) is 9.63. The third kappa shape index (κ3) is 11.8. The van der Waals surface area contributed by atoms with Gasteiger partial charge < -0.3 is 0 Å². The number of hydrogen-bond acceptors (Lipinski definition) is 4. The molecule has 3 N–H and O–H groups in total. The molecule has 0 saturated carbocycles. The highest BCUT2D eigenvalue weighted by atomic mass is 79.9. The molecule has 0 bridgehead atoms. The van der Waals surface area contributed by atoms with E-state index in [1.807, 2.05) is 46.8 Å². The molecular weight excluding hydrogens is 486 g/mol. The number of halogens is 4. The SMILES string of the molecule is CC(C)(C)NN.Cc1ccc(C(=O)Cl)c(Br)c1C.Cl.O=C(Cl)c1ccccc1. The van der Waals surface area contributed by atoms with Crippen LogP contribution in [0.25, 0.3) is 0 Å². The molecule has 2 rings (SSSR count). The Bertz CT molecular complexity index is 764. The van der Waals surface area contributed by atoms with E-state index >= 15 is 0 Å². The van der Waals surface area contributed by atoms with Crippen molar-refractivity contribution in [2.45, 2.75) is 40.2 Å². The van der Waals surface area contributed by atoms with E-state index in [-0.39, 0.29) is 17.9 Å². The molecule has 156 valence electrons. The monoisotopic (exact) mass is 510 g/mol. The molecule has 2 aromatic rings. The van der Waals surface area contributed by atoms with Crippen LogP contribution in [0.3, 0.4) is 0 Å². The minimum atomic E-state index is -0.426. The molecule has 0 fully saturated rings. The number of nitrogens with two attached hydrogens (primary N) is 1. The molecule has 0 saturated heterocycles. The van der Waals surface area contributed by atoms with E-state index in [0.29, 0.717) is 11.1 Å². The first-order chi connectivity index (χ1) is 12.4. The second-order valence-electron chi connectivity index (χ2n) is 6.68. The van der Waals surface area contributed by atoms with Crippen molar-refractivity contribution in [3.05, 3.63) is 69.2 Å². The van der Waals surface area contributed by atoms with Crippen molar-refractivity contribution in [2.24, 2.45) is 5.84 Å². The molecular formula is C20H26BrCl3N2O2. The summed E-state index contributed by atoms with van der Waals surface area (Å²) in [5.74, 6) is 5.06. The van der Waals surface area contributed by atoms with Gasteiger partial charge in [-0.1, -0.05) is 36.4 Å². The molecule has 8 heteroatoms. The van der Waals surface area contributed by atoms with Crippen LogP contribution in [0, 0.1) is 13.8 Å². The molecule has 0 aliphatic heterocycles. The molecule has 0 aromatic heterocycles. The summed E-state index contributed by atoms with van der Waals surface area (Å²) in [4.78, 5) is 21.3. The van der Waals surface area contributed by atoms with Crippen LogP contribution in [0.1, 0.15) is 52.6 Å². The van der Waals surface area contributed by atoms with Gasteiger partial charge in [0.1, 0.15) is 0 Å². The molecule has 0 aliphatic carbocycles. The maximum absolute atomic E-state index is 10.9. The highest BCUT2D eigenvalue weighted by Gasteiger charge is 2.09. The zero-order valence-electron chi connectivity index (χ0n) is 16.5. The van der Waals surface area contributed by atoms with Crippen LogP contribution in [0.15, 0.2) is 46.9 Å². The van der Waals surface area contributed by atoms with Gasteiger partial charge in [-0.3, -0.25) is 20.9 Å². The van der Waals surface area contributed by atoms with Gasteiger partial charge in [0.2, 0.25) is 0 Å². The minimum Gasteiger partial charge on any atom is -0.276 e. The van der Waals surface area contributed by atoms with E-state index in [4.69, 9.17) is 29.0 Å². The lowest BCUT2D eigenvalue weighted by atomic mass is 10.1. The van der Waals surface area contributed by atoms with E-state index in [2.05, 4.69) is 21.4 Å².